The third-order valence-electron chi connectivity index (χ3n) is 1.97. The monoisotopic (exact) mass is 246 g/mol. The minimum Gasteiger partial charge on any atom is -0.383 e. The van der Waals surface area contributed by atoms with Crippen molar-refractivity contribution in [2.24, 2.45) is 7.05 Å². The number of hydrogen-bond donors (Lipinski definition) is 1. The second-order valence-corrected chi connectivity index (χ2v) is 4.07. The lowest BCUT2D eigenvalue weighted by Gasteiger charge is -2.08. The van der Waals surface area contributed by atoms with Crippen LogP contribution in [0.3, 0.4) is 0 Å². The molecule has 0 unspecified atom stereocenters. The fourth-order valence-electron chi connectivity index (χ4n) is 1.07. The Kier molecular flexibility index (Phi) is 3.33. The Balaban J connectivity index is 2.72. The second kappa shape index (κ2) is 4.11. The number of nitrogen functional groups attached to an aromatic ring is 1. The summed E-state index contributed by atoms with van der Waals surface area (Å²) in [4.78, 5) is 6.43. The van der Waals surface area contributed by atoms with Crippen LogP contribution in [-0.4, -0.2) is 35.1 Å². The number of nitrogens with zero attached hydrogens (tertiary/aromatic N) is 3. The summed E-state index contributed by atoms with van der Waals surface area (Å²) >= 11 is 3.30. The van der Waals surface area contributed by atoms with E-state index in [0.717, 1.165) is 23.4 Å². The Morgan fingerprint density at radius 2 is 2.15 bits per heavy atom. The predicted molar refractivity (Wildman–Crippen MR) is 57.6 cm³/mol. The average molecular weight is 247 g/mol. The number of aromatic nitrogens is 2. The summed E-state index contributed by atoms with van der Waals surface area (Å²) in [7, 11) is 6.01. The molecule has 0 aliphatic rings. The van der Waals surface area contributed by atoms with Gasteiger partial charge in [-0.3, -0.25) is 0 Å². The molecule has 1 rings (SSSR count). The topological polar surface area (TPSA) is 47.1 Å². The zero-order chi connectivity index (χ0) is 10.0. The van der Waals surface area contributed by atoms with E-state index in [9.17, 15) is 0 Å². The summed E-state index contributed by atoms with van der Waals surface area (Å²) in [6, 6.07) is 0. The lowest BCUT2D eigenvalue weighted by atomic mass is 10.4. The maximum Gasteiger partial charge on any atom is 0.148 e. The highest BCUT2D eigenvalue weighted by Gasteiger charge is 2.08. The third-order valence-corrected chi connectivity index (χ3v) is 2.55. The molecule has 1 aromatic heterocycles. The standard InChI is InChI=1S/C8H15BrN4/c1-12(2)5-4-6-11-7(9)8(10)13(6)3/h4-5,10H2,1-3H3. The first-order chi connectivity index (χ1) is 6.02. The number of imidazole rings is 1. The van der Waals surface area contributed by atoms with Gasteiger partial charge in [-0.05, 0) is 30.0 Å². The number of nitrogens with two attached hydrogens (primary N) is 1. The molecule has 5 heteroatoms. The summed E-state index contributed by atoms with van der Waals surface area (Å²) in [5.41, 5.74) is 5.75. The molecule has 0 aliphatic heterocycles. The van der Waals surface area contributed by atoms with Crippen LogP contribution >= 0.6 is 15.9 Å². The van der Waals surface area contributed by atoms with Crippen molar-refractivity contribution >= 4 is 21.7 Å². The first kappa shape index (κ1) is 10.5. The minimum absolute atomic E-state index is 0.689. The molecule has 0 radical (unpaired) electrons. The molecule has 0 bridgehead atoms. The van der Waals surface area contributed by atoms with Crippen molar-refractivity contribution in [3.63, 3.8) is 0 Å². The van der Waals surface area contributed by atoms with Crippen molar-refractivity contribution < 1.29 is 0 Å². The van der Waals surface area contributed by atoms with Crippen LogP contribution in [0, 0.1) is 0 Å². The molecule has 1 aromatic rings. The predicted octanol–water partition coefficient (Wildman–Crippen LogP) is 0.869. The summed E-state index contributed by atoms with van der Waals surface area (Å²) in [5.74, 6) is 1.70. The third kappa shape index (κ3) is 2.45. The van der Waals surface area contributed by atoms with Gasteiger partial charge in [0.2, 0.25) is 0 Å². The van der Waals surface area contributed by atoms with E-state index in [4.69, 9.17) is 5.73 Å². The highest BCUT2D eigenvalue weighted by atomic mass is 79.9. The Morgan fingerprint density at radius 1 is 1.54 bits per heavy atom. The van der Waals surface area contributed by atoms with Gasteiger partial charge in [0.05, 0.1) is 0 Å². The molecule has 0 fully saturated rings. The molecule has 13 heavy (non-hydrogen) atoms. The Bertz CT molecular complexity index is 293. The highest BCUT2D eigenvalue weighted by Crippen LogP contribution is 2.18. The van der Waals surface area contributed by atoms with Crippen LogP contribution in [-0.2, 0) is 13.5 Å². The SMILES string of the molecule is CN(C)CCc1nc(Br)c(N)n1C. The van der Waals surface area contributed by atoms with Crippen molar-refractivity contribution in [3.8, 4) is 0 Å². The summed E-state index contributed by atoms with van der Waals surface area (Å²) in [6.45, 7) is 0.983. The molecule has 74 valence electrons. The normalized spacial score (nSPS) is 11.2. The zero-order valence-electron chi connectivity index (χ0n) is 8.21. The van der Waals surface area contributed by atoms with Crippen LogP contribution in [0.5, 0.6) is 0 Å². The van der Waals surface area contributed by atoms with Gasteiger partial charge in [-0.2, -0.15) is 0 Å². The summed E-state index contributed by atoms with van der Waals surface area (Å²) in [6.07, 6.45) is 0.916. The van der Waals surface area contributed by atoms with Gasteiger partial charge < -0.3 is 15.2 Å². The molecule has 0 saturated carbocycles. The lowest BCUT2D eigenvalue weighted by Crippen LogP contribution is -2.17. The van der Waals surface area contributed by atoms with Gasteiger partial charge in [-0.25, -0.2) is 4.98 Å². The van der Waals surface area contributed by atoms with Crippen molar-refractivity contribution in [2.45, 2.75) is 6.42 Å². The van der Waals surface area contributed by atoms with Crippen molar-refractivity contribution in [1.29, 1.82) is 0 Å². The van der Waals surface area contributed by atoms with Gasteiger partial charge in [0.15, 0.2) is 0 Å². The van der Waals surface area contributed by atoms with E-state index in [-0.39, 0.29) is 0 Å². The quantitative estimate of drug-likeness (QED) is 0.862. The average Bonchev–Trinajstić information content (AvgIpc) is 2.29. The molecule has 0 amide bonds. The number of anilines is 1. The summed E-state index contributed by atoms with van der Waals surface area (Å²) in [5, 5.41) is 0. The summed E-state index contributed by atoms with van der Waals surface area (Å²) < 4.78 is 2.65. The molecule has 0 atom stereocenters. The smallest absolute Gasteiger partial charge is 0.148 e. The fourth-order valence-corrected chi connectivity index (χ4v) is 1.54. The van der Waals surface area contributed by atoms with Crippen LogP contribution < -0.4 is 5.73 Å². The molecule has 0 aliphatic carbocycles. The van der Waals surface area contributed by atoms with Gasteiger partial charge in [0.25, 0.3) is 0 Å². The second-order valence-electron chi connectivity index (χ2n) is 3.32. The largest absolute Gasteiger partial charge is 0.383 e. The number of hydrogen-bond acceptors (Lipinski definition) is 3. The number of rotatable bonds is 3. The van der Waals surface area contributed by atoms with Crippen molar-refractivity contribution in [2.75, 3.05) is 26.4 Å². The lowest BCUT2D eigenvalue weighted by molar-refractivity contribution is 0.407. The van der Waals surface area contributed by atoms with E-state index in [1.807, 2.05) is 25.7 Å². The van der Waals surface area contributed by atoms with E-state index in [2.05, 4.69) is 25.8 Å². The van der Waals surface area contributed by atoms with E-state index in [1.165, 1.54) is 0 Å². The zero-order valence-corrected chi connectivity index (χ0v) is 9.80. The van der Waals surface area contributed by atoms with E-state index < -0.39 is 0 Å². The van der Waals surface area contributed by atoms with Crippen LogP contribution in [0.15, 0.2) is 4.60 Å². The molecular formula is C8H15BrN4. The Labute approximate surface area is 86.9 Å². The van der Waals surface area contributed by atoms with E-state index in [1.54, 1.807) is 0 Å². The Hall–Kier alpha value is -0.550. The van der Waals surface area contributed by atoms with Crippen LogP contribution in [0.4, 0.5) is 5.82 Å². The molecule has 4 nitrogen and oxygen atoms in total. The van der Waals surface area contributed by atoms with E-state index in [0.29, 0.717) is 5.82 Å². The fraction of sp³-hybridized carbons (Fsp3) is 0.625. The van der Waals surface area contributed by atoms with Gasteiger partial charge in [0.1, 0.15) is 16.2 Å². The maximum atomic E-state index is 5.75. The van der Waals surface area contributed by atoms with Crippen LogP contribution in [0.2, 0.25) is 0 Å². The molecule has 1 heterocycles. The van der Waals surface area contributed by atoms with Crippen molar-refractivity contribution in [3.05, 3.63) is 10.4 Å². The van der Waals surface area contributed by atoms with Crippen molar-refractivity contribution in [1.82, 2.24) is 14.5 Å². The van der Waals surface area contributed by atoms with Gasteiger partial charge in [0, 0.05) is 20.0 Å². The molecular weight excluding hydrogens is 232 g/mol. The van der Waals surface area contributed by atoms with Crippen LogP contribution in [0.25, 0.3) is 0 Å². The van der Waals surface area contributed by atoms with E-state index >= 15 is 0 Å². The number of likely N-dealkylation sites (N-methyl/N-ethyl adjacent to an activating group) is 1. The van der Waals surface area contributed by atoms with Gasteiger partial charge in [-0.1, -0.05) is 0 Å². The van der Waals surface area contributed by atoms with Crippen LogP contribution in [0.1, 0.15) is 5.82 Å². The first-order valence-electron chi connectivity index (χ1n) is 4.13. The molecule has 0 saturated heterocycles. The highest BCUT2D eigenvalue weighted by molar-refractivity contribution is 9.10. The van der Waals surface area contributed by atoms with Gasteiger partial charge in [-0.15, -0.1) is 0 Å². The molecule has 2 N–H and O–H groups in total. The van der Waals surface area contributed by atoms with Gasteiger partial charge >= 0.3 is 0 Å². The maximum absolute atomic E-state index is 5.75. The first-order valence-corrected chi connectivity index (χ1v) is 4.93. The minimum atomic E-state index is 0.689. The molecule has 0 spiro atoms. The molecule has 0 aromatic carbocycles. The Morgan fingerprint density at radius 3 is 2.54 bits per heavy atom. The number of halogens is 1.